The van der Waals surface area contributed by atoms with Gasteiger partial charge in [0.05, 0.1) is 11.4 Å². The van der Waals surface area contributed by atoms with E-state index in [9.17, 15) is 9.59 Å². The molecule has 0 aliphatic rings. The summed E-state index contributed by atoms with van der Waals surface area (Å²) >= 11 is 0. The topological polar surface area (TPSA) is 66.2 Å². The molecule has 0 amide bonds. The second-order valence-corrected chi connectivity index (χ2v) is 8.04. The first kappa shape index (κ1) is 20.1. The highest BCUT2D eigenvalue weighted by Gasteiger charge is 2.22. The number of hydrogen-bond donors (Lipinski definition) is 0. The molecule has 0 unspecified atom stereocenters. The first-order chi connectivity index (χ1) is 15.5. The van der Waals surface area contributed by atoms with E-state index >= 15 is 0 Å². The Hall–Kier alpha value is -3.87. The normalized spacial score (nSPS) is 11.6. The molecule has 0 saturated carbocycles. The van der Waals surface area contributed by atoms with Crippen LogP contribution in [0.3, 0.4) is 0 Å². The number of fused-ring (bicyclic) bond motifs is 3. The smallest absolute Gasteiger partial charge is 0.279 e. The van der Waals surface area contributed by atoms with Gasteiger partial charge in [-0.05, 0) is 30.0 Å². The average Bonchev–Trinajstić information content (AvgIpc) is 3.37. The van der Waals surface area contributed by atoms with E-state index in [1.165, 1.54) is 22.7 Å². The molecule has 32 heavy (non-hydrogen) atoms. The summed E-state index contributed by atoms with van der Waals surface area (Å²) in [5.74, 6) is 0.605. The first-order valence-corrected chi connectivity index (χ1v) is 10.8. The quantitative estimate of drug-likeness (QED) is 0.441. The molecule has 7 nitrogen and oxygen atoms in total. The highest BCUT2D eigenvalue weighted by atomic mass is 16.2. The summed E-state index contributed by atoms with van der Waals surface area (Å²) in [6.45, 7) is 4.26. The number of hydrogen-bond acceptors (Lipinski definition) is 3. The molecule has 0 aliphatic carbocycles. The van der Waals surface area contributed by atoms with Crippen LogP contribution in [0.4, 0.5) is 0 Å². The van der Waals surface area contributed by atoms with E-state index in [1.54, 1.807) is 7.05 Å². The Kier molecular flexibility index (Phi) is 4.62. The van der Waals surface area contributed by atoms with Crippen molar-refractivity contribution < 1.29 is 0 Å². The molecular weight excluding hydrogens is 402 g/mol. The Morgan fingerprint density at radius 2 is 1.59 bits per heavy atom. The van der Waals surface area contributed by atoms with Gasteiger partial charge >= 0.3 is 5.69 Å². The van der Waals surface area contributed by atoms with Crippen LogP contribution in [0.1, 0.15) is 25.0 Å². The minimum atomic E-state index is -0.390. The maximum absolute atomic E-state index is 13.1. The summed E-state index contributed by atoms with van der Waals surface area (Å²) in [4.78, 5) is 30.3. The molecule has 0 aliphatic heterocycles. The fraction of sp³-hybridized carbons (Fsp3) is 0.240. The zero-order valence-corrected chi connectivity index (χ0v) is 18.7. The van der Waals surface area contributed by atoms with E-state index in [-0.39, 0.29) is 11.2 Å². The minimum Gasteiger partial charge on any atom is -0.279 e. The van der Waals surface area contributed by atoms with Crippen molar-refractivity contribution in [2.45, 2.75) is 26.7 Å². The Labute approximate surface area is 184 Å². The number of rotatable bonds is 4. The van der Waals surface area contributed by atoms with Crippen LogP contribution in [0, 0.1) is 0 Å². The van der Waals surface area contributed by atoms with E-state index in [0.29, 0.717) is 16.9 Å². The van der Waals surface area contributed by atoms with Crippen molar-refractivity contribution >= 4 is 16.9 Å². The van der Waals surface area contributed by atoms with Gasteiger partial charge in [0.25, 0.3) is 5.56 Å². The molecule has 7 heteroatoms. The van der Waals surface area contributed by atoms with Gasteiger partial charge in [-0.3, -0.25) is 22.9 Å². The van der Waals surface area contributed by atoms with Crippen LogP contribution in [-0.4, -0.2) is 23.1 Å². The summed E-state index contributed by atoms with van der Waals surface area (Å²) in [6.07, 6.45) is 3.77. The van der Waals surface area contributed by atoms with Gasteiger partial charge in [-0.15, -0.1) is 0 Å². The van der Waals surface area contributed by atoms with E-state index < -0.39 is 0 Å². The fourth-order valence-corrected chi connectivity index (χ4v) is 4.35. The average molecular weight is 428 g/mol. The minimum absolute atomic E-state index is 0.357. The Morgan fingerprint density at radius 3 is 2.28 bits per heavy atom. The number of aryl methyl sites for hydroxylation is 3. The molecule has 3 aromatic heterocycles. The van der Waals surface area contributed by atoms with Gasteiger partial charge < -0.3 is 0 Å². The molecule has 2 aromatic carbocycles. The largest absolute Gasteiger partial charge is 0.332 e. The maximum atomic E-state index is 13.1. The highest BCUT2D eigenvalue weighted by Crippen LogP contribution is 2.30. The van der Waals surface area contributed by atoms with E-state index in [1.807, 2.05) is 22.7 Å². The molecule has 0 fully saturated rings. The summed E-state index contributed by atoms with van der Waals surface area (Å²) in [6, 6.07) is 16.7. The van der Waals surface area contributed by atoms with Crippen molar-refractivity contribution in [1.29, 1.82) is 0 Å². The summed E-state index contributed by atoms with van der Waals surface area (Å²) in [7, 11) is 3.14. The molecule has 5 rings (SSSR count). The van der Waals surface area contributed by atoms with Gasteiger partial charge in [-0.2, -0.15) is 4.98 Å². The van der Waals surface area contributed by atoms with E-state index in [0.717, 1.165) is 34.4 Å². The van der Waals surface area contributed by atoms with Gasteiger partial charge in [0.15, 0.2) is 11.2 Å². The van der Waals surface area contributed by atoms with Crippen molar-refractivity contribution in [3.8, 4) is 16.9 Å². The van der Waals surface area contributed by atoms with Crippen LogP contribution in [0.5, 0.6) is 0 Å². The van der Waals surface area contributed by atoms with Crippen molar-refractivity contribution in [2.75, 3.05) is 0 Å². The molecule has 3 heterocycles. The predicted octanol–water partition coefficient (Wildman–Crippen LogP) is 3.47. The summed E-state index contributed by atoms with van der Waals surface area (Å²) in [5, 5.41) is 0. The highest BCUT2D eigenvalue weighted by molar-refractivity contribution is 5.79. The first-order valence-electron chi connectivity index (χ1n) is 10.8. The Balaban J connectivity index is 1.95. The molecule has 0 radical (unpaired) electrons. The molecule has 0 saturated heterocycles. The molecule has 162 valence electrons. The second-order valence-electron chi connectivity index (χ2n) is 8.04. The number of imidazole rings is 2. The molecule has 0 N–H and O–H groups in total. The van der Waals surface area contributed by atoms with E-state index in [2.05, 4.69) is 54.8 Å². The molecule has 0 bridgehead atoms. The van der Waals surface area contributed by atoms with Crippen LogP contribution >= 0.6 is 0 Å². The fourth-order valence-electron chi connectivity index (χ4n) is 4.35. The molecule has 0 atom stereocenters. The number of nitrogens with zero attached hydrogens (tertiary/aromatic N) is 5. The monoisotopic (exact) mass is 427 g/mol. The summed E-state index contributed by atoms with van der Waals surface area (Å²) < 4.78 is 6.45. The lowest BCUT2D eigenvalue weighted by molar-refractivity contribution is 0.708. The third kappa shape index (κ3) is 2.77. The third-order valence-corrected chi connectivity index (χ3v) is 6.24. The van der Waals surface area contributed by atoms with Gasteiger partial charge in [-0.1, -0.05) is 56.3 Å². The van der Waals surface area contributed by atoms with Crippen LogP contribution in [0.25, 0.3) is 33.9 Å². The predicted molar refractivity (Wildman–Crippen MR) is 127 cm³/mol. The van der Waals surface area contributed by atoms with E-state index in [4.69, 9.17) is 4.98 Å². The molecule has 5 aromatic rings. The van der Waals surface area contributed by atoms with Gasteiger partial charge in [0.1, 0.15) is 0 Å². The number of para-hydroxylation sites is 1. The maximum Gasteiger partial charge on any atom is 0.332 e. The van der Waals surface area contributed by atoms with Crippen LogP contribution < -0.4 is 11.2 Å². The standard InChI is InChI=1S/C25H25N5O2/c1-5-16-11-13-18(14-12-16)20-15-29-21-22(27(3)25(32)28(4)23(21)31)26-24(29)30(20)19-10-8-7-9-17(19)6-2/h7-15H,5-6H2,1-4H3. The third-order valence-electron chi connectivity index (χ3n) is 6.24. The zero-order valence-electron chi connectivity index (χ0n) is 18.7. The Morgan fingerprint density at radius 1 is 0.875 bits per heavy atom. The lowest BCUT2D eigenvalue weighted by atomic mass is 10.1. The molecule has 0 spiro atoms. The van der Waals surface area contributed by atoms with Crippen molar-refractivity contribution in [3.63, 3.8) is 0 Å². The van der Waals surface area contributed by atoms with Gasteiger partial charge in [0, 0.05) is 25.9 Å². The van der Waals surface area contributed by atoms with Crippen LogP contribution in [0.2, 0.25) is 0 Å². The molecular formula is C25H25N5O2. The lowest BCUT2D eigenvalue weighted by Crippen LogP contribution is -2.37. The van der Waals surface area contributed by atoms with Crippen molar-refractivity contribution in [1.82, 2.24) is 23.1 Å². The second kappa shape index (κ2) is 7.37. The van der Waals surface area contributed by atoms with Gasteiger partial charge in [0.2, 0.25) is 5.78 Å². The Bertz CT molecular complexity index is 1600. The van der Waals surface area contributed by atoms with Crippen LogP contribution in [-0.2, 0) is 26.9 Å². The van der Waals surface area contributed by atoms with Crippen LogP contribution in [0.15, 0.2) is 64.3 Å². The van der Waals surface area contributed by atoms with Crippen molar-refractivity contribution in [2.24, 2.45) is 14.1 Å². The summed E-state index contributed by atoms with van der Waals surface area (Å²) in [5.41, 5.74) is 5.45. The number of aromatic nitrogens is 5. The number of benzene rings is 2. The van der Waals surface area contributed by atoms with Crippen molar-refractivity contribution in [3.05, 3.63) is 86.7 Å². The van der Waals surface area contributed by atoms with Gasteiger partial charge in [-0.25, -0.2) is 4.79 Å². The lowest BCUT2D eigenvalue weighted by Gasteiger charge is -2.13. The zero-order chi connectivity index (χ0) is 22.6. The SMILES string of the molecule is CCc1ccc(-c2cn3c4c(=O)n(C)c(=O)n(C)c4nc3n2-c2ccccc2CC)cc1.